The number of nitrogens with one attached hydrogen (secondary N) is 1. The van der Waals surface area contributed by atoms with E-state index >= 15 is 0 Å². The van der Waals surface area contributed by atoms with Gasteiger partial charge in [-0.2, -0.15) is 5.10 Å². The minimum absolute atomic E-state index is 0.945. The van der Waals surface area contributed by atoms with Crippen molar-refractivity contribution >= 4 is 16.6 Å². The molecule has 4 rings (SSSR count). The Hall–Kier alpha value is -2.62. The maximum Gasteiger partial charge on any atom is 0.136 e. The molecule has 0 saturated carbocycles. The van der Waals surface area contributed by atoms with Crippen LogP contribution in [0.4, 0.5) is 0 Å². The van der Waals surface area contributed by atoms with Crippen molar-refractivity contribution in [2.45, 2.75) is 6.92 Å². The van der Waals surface area contributed by atoms with Crippen LogP contribution in [0, 0.1) is 6.92 Å². The molecule has 0 unspecified atom stereocenters. The first-order valence-electron chi connectivity index (χ1n) is 6.20. The summed E-state index contributed by atoms with van der Waals surface area (Å²) in [4.78, 5) is 4.26. The van der Waals surface area contributed by atoms with Crippen LogP contribution >= 0.6 is 0 Å². The Bertz CT molecular complexity index is 885. The SMILES string of the molecule is Cc1cccc2[nH]nc(-c3ccc4nccn4c3)c12. The van der Waals surface area contributed by atoms with Crippen LogP contribution in [-0.4, -0.2) is 19.6 Å². The number of benzene rings is 1. The fourth-order valence-electron chi connectivity index (χ4n) is 2.52. The maximum atomic E-state index is 4.46. The molecule has 1 aromatic carbocycles. The lowest BCUT2D eigenvalue weighted by atomic mass is 10.1. The first-order chi connectivity index (χ1) is 9.33. The zero-order valence-electron chi connectivity index (χ0n) is 10.5. The summed E-state index contributed by atoms with van der Waals surface area (Å²) in [6.45, 7) is 2.11. The van der Waals surface area contributed by atoms with Crippen LogP contribution < -0.4 is 0 Å². The molecule has 3 heterocycles. The number of fused-ring (bicyclic) bond motifs is 2. The summed E-state index contributed by atoms with van der Waals surface area (Å²) in [7, 11) is 0. The highest BCUT2D eigenvalue weighted by atomic mass is 15.1. The second-order valence-corrected chi connectivity index (χ2v) is 4.68. The number of hydrogen-bond donors (Lipinski definition) is 1. The second-order valence-electron chi connectivity index (χ2n) is 4.68. The van der Waals surface area contributed by atoms with Gasteiger partial charge < -0.3 is 4.40 Å². The lowest BCUT2D eigenvalue weighted by molar-refractivity contribution is 1.11. The standard InChI is InChI=1S/C15H12N4/c1-10-3-2-4-12-14(10)15(18-17-12)11-5-6-13-16-7-8-19(13)9-11/h2-9H,1H3,(H,17,18). The topological polar surface area (TPSA) is 46.0 Å². The van der Waals surface area contributed by atoms with Crippen LogP contribution in [0.15, 0.2) is 48.9 Å². The van der Waals surface area contributed by atoms with Crippen LogP contribution in [0.2, 0.25) is 0 Å². The van der Waals surface area contributed by atoms with Gasteiger partial charge in [-0.1, -0.05) is 12.1 Å². The average Bonchev–Trinajstić information content (AvgIpc) is 3.04. The van der Waals surface area contributed by atoms with Crippen LogP contribution in [0.5, 0.6) is 0 Å². The van der Waals surface area contributed by atoms with Gasteiger partial charge in [-0.25, -0.2) is 4.98 Å². The molecule has 0 aliphatic carbocycles. The predicted octanol–water partition coefficient (Wildman–Crippen LogP) is 3.19. The Labute approximate surface area is 109 Å². The molecule has 1 N–H and O–H groups in total. The number of aromatic amines is 1. The van der Waals surface area contributed by atoms with E-state index in [-0.39, 0.29) is 0 Å². The number of rotatable bonds is 1. The Kier molecular flexibility index (Phi) is 2.00. The van der Waals surface area contributed by atoms with Crippen LogP contribution in [-0.2, 0) is 0 Å². The van der Waals surface area contributed by atoms with E-state index in [1.165, 1.54) is 10.9 Å². The zero-order chi connectivity index (χ0) is 12.8. The van der Waals surface area contributed by atoms with E-state index in [1.54, 1.807) is 6.20 Å². The highest BCUT2D eigenvalue weighted by Crippen LogP contribution is 2.28. The zero-order valence-corrected chi connectivity index (χ0v) is 10.5. The highest BCUT2D eigenvalue weighted by Gasteiger charge is 2.10. The Morgan fingerprint density at radius 1 is 1.16 bits per heavy atom. The maximum absolute atomic E-state index is 4.46. The largest absolute Gasteiger partial charge is 0.306 e. The van der Waals surface area contributed by atoms with Crippen molar-refractivity contribution in [3.8, 4) is 11.3 Å². The van der Waals surface area contributed by atoms with Gasteiger partial charge in [-0.05, 0) is 30.7 Å². The molecular weight excluding hydrogens is 236 g/mol. The highest BCUT2D eigenvalue weighted by molar-refractivity contribution is 5.95. The third kappa shape index (κ3) is 1.46. The fraction of sp³-hybridized carbons (Fsp3) is 0.0667. The van der Waals surface area contributed by atoms with Crippen molar-refractivity contribution in [1.29, 1.82) is 0 Å². The van der Waals surface area contributed by atoms with E-state index in [0.717, 1.165) is 22.4 Å². The molecule has 92 valence electrons. The lowest BCUT2D eigenvalue weighted by Crippen LogP contribution is -1.87. The number of hydrogen-bond acceptors (Lipinski definition) is 2. The molecule has 19 heavy (non-hydrogen) atoms. The van der Waals surface area contributed by atoms with E-state index < -0.39 is 0 Å². The molecule has 3 aromatic heterocycles. The van der Waals surface area contributed by atoms with E-state index in [0.29, 0.717) is 0 Å². The molecule has 4 aromatic rings. The van der Waals surface area contributed by atoms with E-state index in [4.69, 9.17) is 0 Å². The van der Waals surface area contributed by atoms with Gasteiger partial charge in [0.1, 0.15) is 11.3 Å². The van der Waals surface area contributed by atoms with Crippen LogP contribution in [0.1, 0.15) is 5.56 Å². The monoisotopic (exact) mass is 248 g/mol. The molecule has 0 aliphatic heterocycles. The Balaban J connectivity index is 2.03. The van der Waals surface area contributed by atoms with Gasteiger partial charge in [-0.15, -0.1) is 0 Å². The quantitative estimate of drug-likeness (QED) is 0.562. The molecule has 0 radical (unpaired) electrons. The molecule has 0 amide bonds. The second kappa shape index (κ2) is 3.68. The van der Waals surface area contributed by atoms with E-state index in [1.807, 2.05) is 22.7 Å². The van der Waals surface area contributed by atoms with Crippen molar-refractivity contribution in [1.82, 2.24) is 19.6 Å². The molecular formula is C15H12N4. The third-order valence-electron chi connectivity index (χ3n) is 3.46. The number of H-pyrrole nitrogens is 1. The first kappa shape index (κ1) is 10.3. The fourth-order valence-corrected chi connectivity index (χ4v) is 2.52. The minimum Gasteiger partial charge on any atom is -0.306 e. The minimum atomic E-state index is 0.945. The smallest absolute Gasteiger partial charge is 0.136 e. The predicted molar refractivity (Wildman–Crippen MR) is 75.0 cm³/mol. The third-order valence-corrected chi connectivity index (χ3v) is 3.46. The number of imidazole rings is 1. The van der Waals surface area contributed by atoms with Gasteiger partial charge in [0, 0.05) is 29.5 Å². The molecule has 0 fully saturated rings. The van der Waals surface area contributed by atoms with Crippen molar-refractivity contribution in [2.24, 2.45) is 0 Å². The number of nitrogens with zero attached hydrogens (tertiary/aromatic N) is 3. The summed E-state index contributed by atoms with van der Waals surface area (Å²) in [5, 5.41) is 8.74. The molecule has 0 saturated heterocycles. The van der Waals surface area contributed by atoms with Gasteiger partial charge in [0.15, 0.2) is 0 Å². The summed E-state index contributed by atoms with van der Waals surface area (Å²) in [5.74, 6) is 0. The van der Waals surface area contributed by atoms with Gasteiger partial charge >= 0.3 is 0 Å². The van der Waals surface area contributed by atoms with Crippen LogP contribution in [0.3, 0.4) is 0 Å². The first-order valence-corrected chi connectivity index (χ1v) is 6.20. The number of aryl methyl sites for hydroxylation is 1. The molecule has 0 spiro atoms. The van der Waals surface area contributed by atoms with Crippen molar-refractivity contribution in [3.05, 3.63) is 54.5 Å². The average molecular weight is 248 g/mol. The number of aromatic nitrogens is 4. The van der Waals surface area contributed by atoms with Crippen LogP contribution in [0.25, 0.3) is 27.8 Å². The molecule has 0 bridgehead atoms. The molecule has 4 nitrogen and oxygen atoms in total. The molecule has 4 heteroatoms. The molecule has 0 aliphatic rings. The van der Waals surface area contributed by atoms with Crippen molar-refractivity contribution in [2.75, 3.05) is 0 Å². The van der Waals surface area contributed by atoms with E-state index in [2.05, 4.69) is 46.5 Å². The van der Waals surface area contributed by atoms with Gasteiger partial charge in [0.05, 0.1) is 5.52 Å². The Morgan fingerprint density at radius 2 is 2.11 bits per heavy atom. The lowest BCUT2D eigenvalue weighted by Gasteiger charge is -2.02. The van der Waals surface area contributed by atoms with Crippen molar-refractivity contribution in [3.63, 3.8) is 0 Å². The van der Waals surface area contributed by atoms with Crippen molar-refractivity contribution < 1.29 is 0 Å². The summed E-state index contributed by atoms with van der Waals surface area (Å²) in [6, 6.07) is 10.3. The van der Waals surface area contributed by atoms with Gasteiger partial charge in [0.2, 0.25) is 0 Å². The normalized spacial score (nSPS) is 11.4. The van der Waals surface area contributed by atoms with Gasteiger partial charge in [0.25, 0.3) is 0 Å². The summed E-state index contributed by atoms with van der Waals surface area (Å²) >= 11 is 0. The Morgan fingerprint density at radius 3 is 3.05 bits per heavy atom. The summed E-state index contributed by atoms with van der Waals surface area (Å²) < 4.78 is 2.01. The van der Waals surface area contributed by atoms with Gasteiger partial charge in [-0.3, -0.25) is 5.10 Å². The van der Waals surface area contributed by atoms with E-state index in [9.17, 15) is 0 Å². The number of pyridine rings is 1. The molecule has 0 atom stereocenters. The summed E-state index contributed by atoms with van der Waals surface area (Å²) in [5.41, 5.74) is 5.32. The summed E-state index contributed by atoms with van der Waals surface area (Å²) in [6.07, 6.45) is 5.80.